The van der Waals surface area contributed by atoms with Gasteiger partial charge in [0, 0.05) is 10.5 Å². The smallest absolute Gasteiger partial charge is 0.338 e. The van der Waals surface area contributed by atoms with Crippen LogP contribution in [0.3, 0.4) is 0 Å². The molecule has 0 bridgehead atoms. The van der Waals surface area contributed by atoms with Gasteiger partial charge in [0.2, 0.25) is 0 Å². The number of rotatable bonds is 10. The van der Waals surface area contributed by atoms with Crippen LogP contribution in [0.2, 0.25) is 18.1 Å². The molecule has 0 aromatic heterocycles. The first-order chi connectivity index (χ1) is 15.7. The molecule has 5 nitrogen and oxygen atoms in total. The first-order valence-electron chi connectivity index (χ1n) is 12.2. The van der Waals surface area contributed by atoms with Crippen molar-refractivity contribution in [2.24, 2.45) is 5.92 Å². The normalized spacial score (nSPS) is 23.6. The van der Waals surface area contributed by atoms with Gasteiger partial charge in [0.05, 0.1) is 11.7 Å². The average molecular weight is 603 g/mol. The van der Waals surface area contributed by atoms with Crippen LogP contribution in [0.25, 0.3) is 0 Å². The van der Waals surface area contributed by atoms with Gasteiger partial charge in [-0.1, -0.05) is 74.6 Å². The van der Waals surface area contributed by atoms with Gasteiger partial charge >= 0.3 is 5.97 Å². The minimum Gasteiger partial charge on any atom is -0.452 e. The van der Waals surface area contributed by atoms with E-state index in [4.69, 9.17) is 18.6 Å². The summed E-state index contributed by atoms with van der Waals surface area (Å²) in [6.45, 7) is 19.4. The van der Waals surface area contributed by atoms with Gasteiger partial charge in [-0.25, -0.2) is 4.79 Å². The van der Waals surface area contributed by atoms with Crippen molar-refractivity contribution in [3.8, 4) is 0 Å². The first kappa shape index (κ1) is 29.5. The SMILES string of the molecule is C[C@H](C=CC(OC(=O)c1ccccc1)[C@H]1OC(C)(C)O[C@H]1CCI)[C@@H](C)O[Si](C)(C)C(C)(C)C. The monoisotopic (exact) mass is 602 g/mol. The lowest BCUT2D eigenvalue weighted by Gasteiger charge is -2.39. The third-order valence-corrected chi connectivity index (χ3v) is 12.0. The predicted molar refractivity (Wildman–Crippen MR) is 149 cm³/mol. The number of esters is 1. The lowest BCUT2D eigenvalue weighted by Crippen LogP contribution is -2.44. The molecule has 0 aliphatic carbocycles. The Hall–Kier alpha value is -0.743. The zero-order chi connectivity index (χ0) is 25.7. The highest BCUT2D eigenvalue weighted by molar-refractivity contribution is 14.1. The van der Waals surface area contributed by atoms with E-state index in [0.29, 0.717) is 5.56 Å². The van der Waals surface area contributed by atoms with Gasteiger partial charge in [0.25, 0.3) is 0 Å². The van der Waals surface area contributed by atoms with Crippen LogP contribution >= 0.6 is 22.6 Å². The van der Waals surface area contributed by atoms with Crippen LogP contribution in [0.5, 0.6) is 0 Å². The fourth-order valence-corrected chi connectivity index (χ4v) is 5.76. The Bertz CT molecular complexity index is 818. The fraction of sp³-hybridized carbons (Fsp3) is 0.667. The quantitative estimate of drug-likeness (QED) is 0.0936. The Kier molecular flexibility index (Phi) is 10.4. The van der Waals surface area contributed by atoms with Gasteiger partial charge < -0.3 is 18.6 Å². The lowest BCUT2D eigenvalue weighted by atomic mass is 10.0. The van der Waals surface area contributed by atoms with Crippen molar-refractivity contribution < 1.29 is 23.4 Å². The maximum absolute atomic E-state index is 12.9. The van der Waals surface area contributed by atoms with Crippen LogP contribution in [-0.4, -0.2) is 48.9 Å². The van der Waals surface area contributed by atoms with E-state index < -0.39 is 20.2 Å². The summed E-state index contributed by atoms with van der Waals surface area (Å²) < 4.78 is 25.9. The maximum atomic E-state index is 12.9. The van der Waals surface area contributed by atoms with Crippen LogP contribution in [0.15, 0.2) is 42.5 Å². The Labute approximate surface area is 221 Å². The Morgan fingerprint density at radius 3 is 2.32 bits per heavy atom. The third kappa shape index (κ3) is 8.15. The Morgan fingerprint density at radius 1 is 1.15 bits per heavy atom. The van der Waals surface area contributed by atoms with Gasteiger partial charge in [0.15, 0.2) is 14.1 Å². The van der Waals surface area contributed by atoms with Gasteiger partial charge in [-0.3, -0.25) is 0 Å². The van der Waals surface area contributed by atoms with Crippen molar-refractivity contribution in [1.82, 2.24) is 0 Å². The maximum Gasteiger partial charge on any atom is 0.338 e. The number of hydrogen-bond acceptors (Lipinski definition) is 5. The minimum atomic E-state index is -1.89. The molecular formula is C27H43IO5Si. The molecular weight excluding hydrogens is 559 g/mol. The Morgan fingerprint density at radius 2 is 1.76 bits per heavy atom. The molecule has 1 aliphatic heterocycles. The number of benzene rings is 1. The van der Waals surface area contributed by atoms with Crippen LogP contribution in [-0.2, 0) is 18.6 Å². The van der Waals surface area contributed by atoms with E-state index in [1.54, 1.807) is 12.1 Å². The third-order valence-electron chi connectivity index (χ3n) is 6.82. The highest BCUT2D eigenvalue weighted by Gasteiger charge is 2.45. The molecule has 1 aliphatic rings. The number of carbonyl (C=O) groups excluding carboxylic acids is 1. The summed E-state index contributed by atoms with van der Waals surface area (Å²) in [5.41, 5.74) is 0.521. The molecule has 1 aromatic rings. The second kappa shape index (κ2) is 12.0. The molecule has 1 unspecified atom stereocenters. The van der Waals surface area contributed by atoms with E-state index in [9.17, 15) is 4.79 Å². The average Bonchev–Trinajstić information content (AvgIpc) is 3.04. The summed E-state index contributed by atoms with van der Waals surface area (Å²) in [6, 6.07) is 9.08. The van der Waals surface area contributed by atoms with Gasteiger partial charge in [-0.05, 0) is 69.5 Å². The summed E-state index contributed by atoms with van der Waals surface area (Å²) >= 11 is 2.34. The number of hydrogen-bond donors (Lipinski definition) is 0. The molecule has 0 amide bonds. The van der Waals surface area contributed by atoms with Crippen molar-refractivity contribution in [2.45, 2.75) is 103 Å². The Balaban J connectivity index is 2.24. The molecule has 1 saturated heterocycles. The zero-order valence-electron chi connectivity index (χ0n) is 22.3. The molecule has 1 heterocycles. The summed E-state index contributed by atoms with van der Waals surface area (Å²) in [6.07, 6.45) is 3.83. The summed E-state index contributed by atoms with van der Waals surface area (Å²) in [7, 11) is -1.89. The highest BCUT2D eigenvalue weighted by atomic mass is 127. The number of ether oxygens (including phenoxy) is 3. The number of carbonyl (C=O) groups is 1. The molecule has 1 fully saturated rings. The van der Waals surface area contributed by atoms with Gasteiger partial charge in [-0.15, -0.1) is 0 Å². The molecule has 0 radical (unpaired) electrons. The van der Waals surface area contributed by atoms with Crippen LogP contribution < -0.4 is 0 Å². The minimum absolute atomic E-state index is 0.0462. The number of halogens is 1. The zero-order valence-corrected chi connectivity index (χ0v) is 25.4. The molecule has 34 heavy (non-hydrogen) atoms. The highest BCUT2D eigenvalue weighted by Crippen LogP contribution is 2.38. The van der Waals surface area contributed by atoms with Gasteiger partial charge in [-0.2, -0.15) is 0 Å². The molecule has 192 valence electrons. The second-order valence-electron chi connectivity index (χ2n) is 11.2. The summed E-state index contributed by atoms with van der Waals surface area (Å²) in [4.78, 5) is 12.9. The molecule has 0 saturated carbocycles. The fourth-order valence-electron chi connectivity index (χ4n) is 3.64. The molecule has 1 aromatic carbocycles. The van der Waals surface area contributed by atoms with Crippen LogP contribution in [0.4, 0.5) is 0 Å². The largest absolute Gasteiger partial charge is 0.452 e. The standard InChI is InChI=1S/C27H43IO5Si/c1-19(20(2)33-34(8,9)26(3,4)5)15-16-22(30-25(29)21-13-11-10-12-14-21)24-23(17-18-28)31-27(6,7)32-24/h10-16,19-20,22-24H,17-18H2,1-9H3/t19-,20-,22?,23+,24-/m1/s1. The van der Waals surface area contributed by atoms with Crippen molar-refractivity contribution >= 4 is 36.9 Å². The second-order valence-corrected chi connectivity index (χ2v) is 17.0. The molecule has 5 atom stereocenters. The topological polar surface area (TPSA) is 54.0 Å². The van der Waals surface area contributed by atoms with E-state index in [1.807, 2.05) is 38.1 Å². The van der Waals surface area contributed by atoms with Crippen LogP contribution in [0.1, 0.15) is 65.2 Å². The van der Waals surface area contributed by atoms with E-state index in [2.05, 4.69) is 76.4 Å². The molecule has 0 spiro atoms. The van der Waals surface area contributed by atoms with E-state index in [-0.39, 0.29) is 35.2 Å². The van der Waals surface area contributed by atoms with E-state index in [1.165, 1.54) is 0 Å². The van der Waals surface area contributed by atoms with Crippen molar-refractivity contribution in [2.75, 3.05) is 4.43 Å². The van der Waals surface area contributed by atoms with Crippen molar-refractivity contribution in [3.63, 3.8) is 0 Å². The number of alkyl halides is 1. The molecule has 2 rings (SSSR count). The predicted octanol–water partition coefficient (Wildman–Crippen LogP) is 7.16. The van der Waals surface area contributed by atoms with E-state index in [0.717, 1.165) is 10.8 Å². The van der Waals surface area contributed by atoms with Crippen LogP contribution in [0, 0.1) is 5.92 Å². The van der Waals surface area contributed by atoms with Gasteiger partial charge in [0.1, 0.15) is 12.2 Å². The molecule has 7 heteroatoms. The summed E-state index contributed by atoms with van der Waals surface area (Å²) in [5, 5.41) is 0.145. The summed E-state index contributed by atoms with van der Waals surface area (Å²) in [5.74, 6) is -0.947. The molecule has 0 N–H and O–H groups in total. The lowest BCUT2D eigenvalue weighted by molar-refractivity contribution is -0.153. The first-order valence-corrected chi connectivity index (χ1v) is 16.6. The van der Waals surface area contributed by atoms with Crippen molar-refractivity contribution in [3.05, 3.63) is 48.0 Å². The van der Waals surface area contributed by atoms with E-state index >= 15 is 0 Å². The van der Waals surface area contributed by atoms with Crippen molar-refractivity contribution in [1.29, 1.82) is 0 Å².